The van der Waals surface area contributed by atoms with Crippen molar-refractivity contribution in [3.63, 3.8) is 0 Å². The lowest BCUT2D eigenvalue weighted by molar-refractivity contribution is 0.598. The number of sulfonamides is 1. The van der Waals surface area contributed by atoms with E-state index in [-0.39, 0.29) is 10.6 Å². The van der Waals surface area contributed by atoms with Crippen molar-refractivity contribution >= 4 is 43.0 Å². The molecule has 106 valence electrons. The van der Waals surface area contributed by atoms with Crippen molar-refractivity contribution in [2.45, 2.75) is 11.8 Å². The van der Waals surface area contributed by atoms with Crippen LogP contribution in [0.25, 0.3) is 0 Å². The molecule has 0 saturated heterocycles. The quantitative estimate of drug-likeness (QED) is 0.737. The third-order valence-electron chi connectivity index (χ3n) is 2.72. The molecule has 2 aromatic carbocycles. The number of nitrogens with two attached hydrogens (primary N) is 2. The van der Waals surface area contributed by atoms with Crippen molar-refractivity contribution < 1.29 is 8.42 Å². The van der Waals surface area contributed by atoms with E-state index in [4.69, 9.17) is 10.9 Å². The highest BCUT2D eigenvalue weighted by molar-refractivity contribution is 9.10. The summed E-state index contributed by atoms with van der Waals surface area (Å²) in [4.78, 5) is -0.0774. The maximum Gasteiger partial charge on any atom is 0.240 e. The number of benzene rings is 2. The number of anilines is 3. The molecule has 0 heterocycles. The van der Waals surface area contributed by atoms with Gasteiger partial charge in [-0.2, -0.15) is 0 Å². The zero-order valence-electron chi connectivity index (χ0n) is 10.7. The van der Waals surface area contributed by atoms with E-state index < -0.39 is 10.0 Å². The minimum Gasteiger partial charge on any atom is -0.398 e. The van der Waals surface area contributed by atoms with Gasteiger partial charge in [-0.15, -0.1) is 0 Å². The maximum atomic E-state index is 11.3. The lowest BCUT2D eigenvalue weighted by Gasteiger charge is -2.11. The zero-order valence-corrected chi connectivity index (χ0v) is 13.1. The predicted molar refractivity (Wildman–Crippen MR) is 84.4 cm³/mol. The standard InChI is InChI=1S/C13H14BrN3O2S/c1-8-2-4-10(14)12(6-8)17-9-3-5-13(11(15)7-9)20(16,18)19/h2-7,17H,15H2,1H3,(H2,16,18,19). The van der Waals surface area contributed by atoms with Crippen LogP contribution in [0.15, 0.2) is 45.8 Å². The van der Waals surface area contributed by atoms with E-state index >= 15 is 0 Å². The second-order valence-corrected chi connectivity index (χ2v) is 6.79. The van der Waals surface area contributed by atoms with Gasteiger partial charge in [-0.1, -0.05) is 6.07 Å². The van der Waals surface area contributed by atoms with Crippen LogP contribution in [-0.2, 0) is 10.0 Å². The molecule has 5 N–H and O–H groups in total. The minimum atomic E-state index is -3.80. The van der Waals surface area contributed by atoms with Gasteiger partial charge in [0.15, 0.2) is 0 Å². The second kappa shape index (κ2) is 5.43. The van der Waals surface area contributed by atoms with E-state index in [9.17, 15) is 8.42 Å². The first-order chi connectivity index (χ1) is 9.27. The number of rotatable bonds is 3. The second-order valence-electron chi connectivity index (χ2n) is 4.41. The van der Waals surface area contributed by atoms with Crippen molar-refractivity contribution in [2.75, 3.05) is 11.1 Å². The summed E-state index contributed by atoms with van der Waals surface area (Å²) >= 11 is 3.44. The Balaban J connectivity index is 2.36. The number of aryl methyl sites for hydroxylation is 1. The molecule has 0 aliphatic rings. The monoisotopic (exact) mass is 355 g/mol. The third-order valence-corrected chi connectivity index (χ3v) is 4.39. The Hall–Kier alpha value is -1.57. The number of nitrogens with one attached hydrogen (secondary N) is 1. The van der Waals surface area contributed by atoms with E-state index in [1.54, 1.807) is 6.07 Å². The van der Waals surface area contributed by atoms with Crippen LogP contribution in [0, 0.1) is 6.92 Å². The van der Waals surface area contributed by atoms with Gasteiger partial charge >= 0.3 is 0 Å². The Bertz CT molecular complexity index is 760. The molecule has 0 atom stereocenters. The highest BCUT2D eigenvalue weighted by Gasteiger charge is 2.12. The van der Waals surface area contributed by atoms with Crippen LogP contribution in [-0.4, -0.2) is 8.42 Å². The molecule has 7 heteroatoms. The summed E-state index contributed by atoms with van der Waals surface area (Å²) < 4.78 is 23.5. The lowest BCUT2D eigenvalue weighted by atomic mass is 10.2. The highest BCUT2D eigenvalue weighted by atomic mass is 79.9. The molecule has 0 aliphatic heterocycles. The lowest BCUT2D eigenvalue weighted by Crippen LogP contribution is -2.14. The first-order valence-electron chi connectivity index (χ1n) is 5.73. The number of primary sulfonamides is 1. The summed E-state index contributed by atoms with van der Waals surface area (Å²) in [6, 6.07) is 10.4. The fraction of sp³-hybridized carbons (Fsp3) is 0.0769. The Labute approximate surface area is 126 Å². The molecular weight excluding hydrogens is 342 g/mol. The van der Waals surface area contributed by atoms with Gasteiger partial charge in [0.2, 0.25) is 10.0 Å². The predicted octanol–water partition coefficient (Wildman–Crippen LogP) is 2.73. The molecule has 2 aromatic rings. The first kappa shape index (κ1) is 14.8. The minimum absolute atomic E-state index is 0.0774. The molecule has 5 nitrogen and oxygen atoms in total. The fourth-order valence-corrected chi connectivity index (χ4v) is 2.77. The van der Waals surface area contributed by atoms with Gasteiger partial charge in [0.05, 0.1) is 11.4 Å². The normalized spacial score (nSPS) is 11.3. The highest BCUT2D eigenvalue weighted by Crippen LogP contribution is 2.29. The Morgan fingerprint density at radius 2 is 1.85 bits per heavy atom. The van der Waals surface area contributed by atoms with Gasteiger partial charge < -0.3 is 11.1 Å². The van der Waals surface area contributed by atoms with Crippen molar-refractivity contribution in [3.8, 4) is 0 Å². The molecule has 20 heavy (non-hydrogen) atoms. The summed E-state index contributed by atoms with van der Waals surface area (Å²) in [6.07, 6.45) is 0. The topological polar surface area (TPSA) is 98.2 Å². The molecule has 2 rings (SSSR count). The summed E-state index contributed by atoms with van der Waals surface area (Å²) in [5, 5.41) is 8.24. The Kier molecular flexibility index (Phi) is 4.03. The third kappa shape index (κ3) is 3.30. The average molecular weight is 356 g/mol. The molecule has 0 radical (unpaired) electrons. The van der Waals surface area contributed by atoms with Crippen LogP contribution in [0.3, 0.4) is 0 Å². The van der Waals surface area contributed by atoms with Gasteiger partial charge in [0.25, 0.3) is 0 Å². The van der Waals surface area contributed by atoms with Crippen molar-refractivity contribution in [1.82, 2.24) is 0 Å². The largest absolute Gasteiger partial charge is 0.398 e. The van der Waals surface area contributed by atoms with Crippen LogP contribution in [0.5, 0.6) is 0 Å². The van der Waals surface area contributed by atoms with Gasteiger partial charge in [-0.25, -0.2) is 13.6 Å². The smallest absolute Gasteiger partial charge is 0.240 e. The van der Waals surface area contributed by atoms with E-state index in [2.05, 4.69) is 21.2 Å². The fourth-order valence-electron chi connectivity index (χ4n) is 1.78. The van der Waals surface area contributed by atoms with Gasteiger partial charge in [0.1, 0.15) is 4.90 Å². The van der Waals surface area contributed by atoms with Crippen LogP contribution >= 0.6 is 15.9 Å². The van der Waals surface area contributed by atoms with Gasteiger partial charge in [0, 0.05) is 10.2 Å². The number of hydrogen-bond donors (Lipinski definition) is 3. The van der Waals surface area contributed by atoms with Gasteiger partial charge in [-0.05, 0) is 58.7 Å². The summed E-state index contributed by atoms with van der Waals surface area (Å²) in [5.74, 6) is 0. The zero-order chi connectivity index (χ0) is 14.9. The summed E-state index contributed by atoms with van der Waals surface area (Å²) in [5.41, 5.74) is 8.48. The molecule has 0 amide bonds. The molecule has 0 aromatic heterocycles. The molecule has 0 fully saturated rings. The Morgan fingerprint density at radius 3 is 2.45 bits per heavy atom. The van der Waals surface area contributed by atoms with Crippen molar-refractivity contribution in [2.24, 2.45) is 5.14 Å². The average Bonchev–Trinajstić information content (AvgIpc) is 2.32. The van der Waals surface area contributed by atoms with E-state index in [1.807, 2.05) is 25.1 Å². The van der Waals surface area contributed by atoms with Crippen LogP contribution < -0.4 is 16.2 Å². The number of nitrogen functional groups attached to an aromatic ring is 1. The SMILES string of the molecule is Cc1ccc(Br)c(Nc2ccc(S(N)(=O)=O)c(N)c2)c1. The first-order valence-corrected chi connectivity index (χ1v) is 8.07. The van der Waals surface area contributed by atoms with Crippen molar-refractivity contribution in [1.29, 1.82) is 0 Å². The van der Waals surface area contributed by atoms with Crippen LogP contribution in [0.4, 0.5) is 17.1 Å². The van der Waals surface area contributed by atoms with E-state index in [0.29, 0.717) is 5.69 Å². The Morgan fingerprint density at radius 1 is 1.15 bits per heavy atom. The van der Waals surface area contributed by atoms with Crippen molar-refractivity contribution in [3.05, 3.63) is 46.4 Å². The molecule has 0 spiro atoms. The summed E-state index contributed by atoms with van der Waals surface area (Å²) in [6.45, 7) is 1.98. The summed E-state index contributed by atoms with van der Waals surface area (Å²) in [7, 11) is -3.80. The molecule has 0 aliphatic carbocycles. The maximum absolute atomic E-state index is 11.3. The van der Waals surface area contributed by atoms with E-state index in [0.717, 1.165) is 15.7 Å². The number of hydrogen-bond acceptors (Lipinski definition) is 4. The van der Waals surface area contributed by atoms with Crippen LogP contribution in [0.1, 0.15) is 5.56 Å². The van der Waals surface area contributed by atoms with E-state index in [1.165, 1.54) is 12.1 Å². The van der Waals surface area contributed by atoms with Gasteiger partial charge in [-0.3, -0.25) is 0 Å². The molecule has 0 bridgehead atoms. The number of halogens is 1. The molecular formula is C13H14BrN3O2S. The molecule has 0 unspecified atom stereocenters. The molecule has 0 saturated carbocycles. The van der Waals surface area contributed by atoms with Crippen LogP contribution in [0.2, 0.25) is 0 Å².